The van der Waals surface area contributed by atoms with Crippen LogP contribution in [0.2, 0.25) is 5.02 Å². The second-order valence-electron chi connectivity index (χ2n) is 4.37. The first kappa shape index (κ1) is 15.0. The van der Waals surface area contributed by atoms with Crippen LogP contribution < -0.4 is 4.72 Å². The quantitative estimate of drug-likeness (QED) is 0.833. The average molecular weight is 367 g/mol. The lowest BCUT2D eigenvalue weighted by Crippen LogP contribution is -2.25. The minimum atomic E-state index is -3.67. The van der Waals surface area contributed by atoms with Crippen LogP contribution in [0.3, 0.4) is 0 Å². The number of nitrogens with one attached hydrogen (secondary N) is 1. The topological polar surface area (TPSA) is 63.2 Å². The molecule has 0 bridgehead atoms. The molecule has 0 spiro atoms. The summed E-state index contributed by atoms with van der Waals surface area (Å²) in [6, 6.07) is 2.94. The lowest BCUT2D eigenvalue weighted by molar-refractivity contribution is 0.100. The zero-order valence-corrected chi connectivity index (χ0v) is 13.4. The van der Waals surface area contributed by atoms with Crippen molar-refractivity contribution in [3.05, 3.63) is 28.3 Å². The van der Waals surface area contributed by atoms with Crippen LogP contribution in [0, 0.1) is 0 Å². The van der Waals surface area contributed by atoms with Crippen LogP contribution in [-0.2, 0) is 16.4 Å². The summed E-state index contributed by atoms with van der Waals surface area (Å²) in [7, 11) is -3.67. The Balaban J connectivity index is 2.47. The van der Waals surface area contributed by atoms with Gasteiger partial charge in [0.25, 0.3) is 0 Å². The molecule has 0 fully saturated rings. The van der Waals surface area contributed by atoms with Gasteiger partial charge in [-0.15, -0.1) is 0 Å². The van der Waals surface area contributed by atoms with Crippen molar-refractivity contribution in [3.8, 4) is 0 Å². The van der Waals surface area contributed by atoms with Gasteiger partial charge < -0.3 is 0 Å². The van der Waals surface area contributed by atoms with Crippen LogP contribution in [0.15, 0.2) is 17.0 Å². The lowest BCUT2D eigenvalue weighted by Gasteiger charge is -2.09. The molecule has 1 aromatic rings. The molecule has 7 heteroatoms. The summed E-state index contributed by atoms with van der Waals surface area (Å²) in [5, 5.41) is 0.150. The second kappa shape index (κ2) is 5.52. The molecule has 1 N–H and O–H groups in total. The molecule has 0 saturated heterocycles. The summed E-state index contributed by atoms with van der Waals surface area (Å²) in [4.78, 5) is 11.6. The molecule has 0 amide bonds. The van der Waals surface area contributed by atoms with E-state index in [0.29, 0.717) is 24.9 Å². The Bertz CT molecular complexity index is 630. The molecule has 2 rings (SSSR count). The van der Waals surface area contributed by atoms with E-state index in [4.69, 9.17) is 11.6 Å². The van der Waals surface area contributed by atoms with E-state index in [2.05, 4.69) is 20.7 Å². The standard InChI is InChI=1S/C12H13BrClNO3S/c1-2-3-15-19(17,18)11-6-8-7(5-10(11)14)4-9(13)12(8)16/h5-6,9,15H,2-4H2,1H3. The molecule has 1 aliphatic rings. The Kier molecular flexibility index (Phi) is 4.35. The summed E-state index contributed by atoms with van der Waals surface area (Å²) >= 11 is 9.29. The number of carbonyl (C=O) groups is 1. The van der Waals surface area contributed by atoms with Crippen molar-refractivity contribution in [1.82, 2.24) is 4.72 Å². The van der Waals surface area contributed by atoms with E-state index in [1.165, 1.54) is 6.07 Å². The number of Topliss-reactive ketones (excluding diaryl/α,β-unsaturated/α-hetero) is 1. The zero-order chi connectivity index (χ0) is 14.2. The minimum absolute atomic E-state index is 0.0312. The molecule has 1 aliphatic carbocycles. The van der Waals surface area contributed by atoms with Crippen LogP contribution in [0.25, 0.3) is 0 Å². The van der Waals surface area contributed by atoms with Gasteiger partial charge in [-0.3, -0.25) is 4.79 Å². The van der Waals surface area contributed by atoms with Gasteiger partial charge in [0.1, 0.15) is 4.90 Å². The molecular weight excluding hydrogens is 354 g/mol. The van der Waals surface area contributed by atoms with Crippen molar-refractivity contribution >= 4 is 43.3 Å². The number of hydrogen-bond donors (Lipinski definition) is 1. The maximum absolute atomic E-state index is 12.1. The number of fused-ring (bicyclic) bond motifs is 1. The number of ketones is 1. The summed E-state index contributed by atoms with van der Waals surface area (Å²) in [5.74, 6) is -0.0985. The van der Waals surface area contributed by atoms with E-state index in [1.54, 1.807) is 6.07 Å². The number of alkyl halides is 1. The highest BCUT2D eigenvalue weighted by Crippen LogP contribution is 2.33. The first-order chi connectivity index (χ1) is 8.86. The van der Waals surface area contributed by atoms with Crippen molar-refractivity contribution < 1.29 is 13.2 Å². The van der Waals surface area contributed by atoms with E-state index >= 15 is 0 Å². The zero-order valence-electron chi connectivity index (χ0n) is 10.2. The van der Waals surface area contributed by atoms with Crippen molar-refractivity contribution in [2.24, 2.45) is 0 Å². The molecule has 0 aliphatic heterocycles. The number of halogens is 2. The normalized spacial score (nSPS) is 18.7. The molecule has 0 saturated carbocycles. The third kappa shape index (κ3) is 2.86. The van der Waals surface area contributed by atoms with E-state index in [1.807, 2.05) is 6.92 Å². The highest BCUT2D eigenvalue weighted by molar-refractivity contribution is 9.10. The SMILES string of the molecule is CCCNS(=O)(=O)c1cc2c(cc1Cl)CC(Br)C2=O. The number of rotatable bonds is 4. The highest BCUT2D eigenvalue weighted by Gasteiger charge is 2.31. The number of sulfonamides is 1. The Hall–Kier alpha value is -0.430. The van der Waals surface area contributed by atoms with E-state index in [9.17, 15) is 13.2 Å². The van der Waals surface area contributed by atoms with E-state index < -0.39 is 10.0 Å². The van der Waals surface area contributed by atoms with Crippen molar-refractivity contribution in [3.63, 3.8) is 0 Å². The largest absolute Gasteiger partial charge is 0.293 e. The Labute approximate surface area is 125 Å². The first-order valence-electron chi connectivity index (χ1n) is 5.87. The van der Waals surface area contributed by atoms with Crippen molar-refractivity contribution in [2.45, 2.75) is 29.5 Å². The molecule has 0 radical (unpaired) electrons. The van der Waals surface area contributed by atoms with Crippen LogP contribution in [0.5, 0.6) is 0 Å². The number of benzene rings is 1. The van der Waals surface area contributed by atoms with Gasteiger partial charge in [-0.05, 0) is 30.5 Å². The van der Waals surface area contributed by atoms with Gasteiger partial charge in [0, 0.05) is 12.1 Å². The van der Waals surface area contributed by atoms with Gasteiger partial charge in [0.15, 0.2) is 5.78 Å². The fraction of sp³-hybridized carbons (Fsp3) is 0.417. The Morgan fingerprint density at radius 3 is 2.79 bits per heavy atom. The predicted molar refractivity (Wildman–Crippen MR) is 77.7 cm³/mol. The maximum Gasteiger partial charge on any atom is 0.242 e. The highest BCUT2D eigenvalue weighted by atomic mass is 79.9. The fourth-order valence-electron chi connectivity index (χ4n) is 1.97. The molecule has 1 atom stereocenters. The first-order valence-corrected chi connectivity index (χ1v) is 8.65. The van der Waals surface area contributed by atoms with Gasteiger partial charge in [-0.2, -0.15) is 0 Å². The molecule has 4 nitrogen and oxygen atoms in total. The summed E-state index contributed by atoms with van der Waals surface area (Å²) in [5.41, 5.74) is 1.22. The van der Waals surface area contributed by atoms with Crippen LogP contribution in [-0.4, -0.2) is 25.6 Å². The molecule has 0 aromatic heterocycles. The average Bonchev–Trinajstić information content (AvgIpc) is 2.61. The van der Waals surface area contributed by atoms with Gasteiger partial charge in [-0.25, -0.2) is 13.1 Å². The Morgan fingerprint density at radius 2 is 2.16 bits per heavy atom. The van der Waals surface area contributed by atoms with Crippen molar-refractivity contribution in [1.29, 1.82) is 0 Å². The van der Waals surface area contributed by atoms with E-state index in [-0.39, 0.29) is 20.5 Å². The van der Waals surface area contributed by atoms with Crippen LogP contribution in [0.4, 0.5) is 0 Å². The summed E-state index contributed by atoms with van der Waals surface area (Å²) in [6.07, 6.45) is 1.22. The summed E-state index contributed by atoms with van der Waals surface area (Å²) < 4.78 is 26.6. The van der Waals surface area contributed by atoms with Gasteiger partial charge >= 0.3 is 0 Å². The van der Waals surface area contributed by atoms with Gasteiger partial charge in [0.2, 0.25) is 10.0 Å². The fourth-order valence-corrected chi connectivity index (χ4v) is 4.27. The summed E-state index contributed by atoms with van der Waals surface area (Å²) in [6.45, 7) is 2.20. The Morgan fingerprint density at radius 1 is 1.47 bits per heavy atom. The van der Waals surface area contributed by atoms with Crippen LogP contribution >= 0.6 is 27.5 Å². The lowest BCUT2D eigenvalue weighted by atomic mass is 10.1. The monoisotopic (exact) mass is 365 g/mol. The molecule has 104 valence electrons. The molecule has 19 heavy (non-hydrogen) atoms. The van der Waals surface area contributed by atoms with Gasteiger partial charge in [0.05, 0.1) is 9.85 Å². The van der Waals surface area contributed by atoms with Crippen molar-refractivity contribution in [2.75, 3.05) is 6.54 Å². The molecule has 0 heterocycles. The smallest absolute Gasteiger partial charge is 0.242 e. The van der Waals surface area contributed by atoms with Gasteiger partial charge in [-0.1, -0.05) is 34.5 Å². The number of carbonyl (C=O) groups excluding carboxylic acids is 1. The molecular formula is C12H13BrClNO3S. The number of hydrogen-bond acceptors (Lipinski definition) is 3. The molecule has 1 unspecified atom stereocenters. The molecule has 1 aromatic carbocycles. The minimum Gasteiger partial charge on any atom is -0.293 e. The second-order valence-corrected chi connectivity index (χ2v) is 7.62. The van der Waals surface area contributed by atoms with Crippen LogP contribution in [0.1, 0.15) is 29.3 Å². The third-order valence-corrected chi connectivity index (χ3v) is 5.60. The maximum atomic E-state index is 12.1. The van der Waals surface area contributed by atoms with E-state index in [0.717, 1.165) is 5.56 Å². The predicted octanol–water partition coefficient (Wildman–Crippen LogP) is 2.53. The third-order valence-electron chi connectivity index (χ3n) is 2.94.